The summed E-state index contributed by atoms with van der Waals surface area (Å²) in [6, 6.07) is 30.0. The number of esters is 1. The summed E-state index contributed by atoms with van der Waals surface area (Å²) in [4.78, 5) is 53.2. The lowest BCUT2D eigenvalue weighted by atomic mass is 9.95. The Bertz CT molecular complexity index is 2180. The predicted molar refractivity (Wildman–Crippen MR) is 223 cm³/mol. The largest absolute Gasteiger partial charge is 0.469 e. The molecule has 320 valence electrons. The molecule has 2 fully saturated rings. The smallest absolute Gasteiger partial charge is 0.407 e. The van der Waals surface area contributed by atoms with Gasteiger partial charge in [0.05, 0.1) is 12.7 Å². The number of alkyl halides is 3. The third-order valence-electron chi connectivity index (χ3n) is 10.4. The standard InChI is InChI=1S/C44H42Cl3N3O11/c1-24(58-41-36(49-25(2)51)38(61-42(48)44(45,46)47)37-34(59-41)23-56-40(60-37)27-15-7-4-8-16-27)35(39(53)55-22-33(52)26-13-5-3-6-14-26)50-43(54)57-21-32-30-19-11-9-17-28(30)29-18-10-12-20-31(29)32/h3-20,24,32,34-38,40-41,48H,21-23H2,1-2H3,(H,49,51)(H,50,54)/t24-,34-,35+,36-,37+,38-,40+,41+/m1/s1. The van der Waals surface area contributed by atoms with E-state index < -0.39 is 89.1 Å². The van der Waals surface area contributed by atoms with Gasteiger partial charge in [0.2, 0.25) is 11.8 Å². The number of nitrogens with one attached hydrogen (secondary N) is 3. The third kappa shape index (κ3) is 10.4. The molecule has 14 nitrogen and oxygen atoms in total. The van der Waals surface area contributed by atoms with Gasteiger partial charge in [-0.2, -0.15) is 0 Å². The maximum absolute atomic E-state index is 13.9. The molecule has 1 aliphatic carbocycles. The maximum Gasteiger partial charge on any atom is 0.407 e. The van der Waals surface area contributed by atoms with Crippen molar-refractivity contribution in [2.75, 3.05) is 19.8 Å². The number of carbonyl (C=O) groups is 4. The molecule has 2 heterocycles. The quantitative estimate of drug-likeness (QED) is 0.0422. The van der Waals surface area contributed by atoms with E-state index in [2.05, 4.69) is 10.6 Å². The Labute approximate surface area is 366 Å². The number of amides is 2. The lowest BCUT2D eigenvalue weighted by Crippen LogP contribution is -2.68. The Kier molecular flexibility index (Phi) is 13.9. The molecule has 2 saturated heterocycles. The van der Waals surface area contributed by atoms with E-state index in [1.54, 1.807) is 54.6 Å². The first kappa shape index (κ1) is 44.0. The van der Waals surface area contributed by atoms with Crippen LogP contribution in [0.3, 0.4) is 0 Å². The zero-order valence-electron chi connectivity index (χ0n) is 32.8. The van der Waals surface area contributed by atoms with Crippen molar-refractivity contribution in [1.29, 1.82) is 5.41 Å². The fourth-order valence-electron chi connectivity index (χ4n) is 7.56. The van der Waals surface area contributed by atoms with Crippen LogP contribution in [0, 0.1) is 5.41 Å². The van der Waals surface area contributed by atoms with Crippen molar-refractivity contribution in [2.24, 2.45) is 0 Å². The van der Waals surface area contributed by atoms with Gasteiger partial charge in [0.1, 0.15) is 24.9 Å². The number of fused-ring (bicyclic) bond motifs is 4. The van der Waals surface area contributed by atoms with E-state index in [0.717, 1.165) is 22.3 Å². The van der Waals surface area contributed by atoms with Gasteiger partial charge in [-0.05, 0) is 29.2 Å². The molecule has 4 aromatic carbocycles. The van der Waals surface area contributed by atoms with Gasteiger partial charge in [0, 0.05) is 24.0 Å². The van der Waals surface area contributed by atoms with E-state index in [4.69, 9.17) is 73.4 Å². The van der Waals surface area contributed by atoms with Crippen LogP contribution in [-0.2, 0) is 42.7 Å². The number of Topliss-reactive ketones (excluding diaryl/α,β-unsaturated/α-hetero) is 1. The van der Waals surface area contributed by atoms with Crippen molar-refractivity contribution in [3.8, 4) is 11.1 Å². The van der Waals surface area contributed by atoms with E-state index in [9.17, 15) is 19.2 Å². The molecular formula is C44H42Cl3N3O11. The van der Waals surface area contributed by atoms with Crippen LogP contribution >= 0.6 is 34.8 Å². The average Bonchev–Trinajstić information content (AvgIpc) is 3.58. The molecule has 3 aliphatic rings. The molecule has 3 N–H and O–H groups in total. The Balaban J connectivity index is 1.13. The molecule has 2 aliphatic heterocycles. The van der Waals surface area contributed by atoms with Crippen LogP contribution in [0.1, 0.15) is 53.1 Å². The van der Waals surface area contributed by atoms with Crippen molar-refractivity contribution in [3.05, 3.63) is 131 Å². The number of ether oxygens (including phenoxy) is 7. The first-order chi connectivity index (χ1) is 29.3. The molecular weight excluding hydrogens is 853 g/mol. The van der Waals surface area contributed by atoms with Gasteiger partial charge >= 0.3 is 12.1 Å². The van der Waals surface area contributed by atoms with E-state index in [-0.39, 0.29) is 19.1 Å². The minimum absolute atomic E-state index is 0.0685. The van der Waals surface area contributed by atoms with Gasteiger partial charge in [-0.1, -0.05) is 144 Å². The summed E-state index contributed by atoms with van der Waals surface area (Å²) in [5, 5.41) is 13.7. The molecule has 2 amide bonds. The number of hydrogen-bond acceptors (Lipinski definition) is 12. The number of carbonyl (C=O) groups excluding carboxylic acids is 4. The van der Waals surface area contributed by atoms with Crippen molar-refractivity contribution >= 4 is 64.5 Å². The Morgan fingerprint density at radius 3 is 2.07 bits per heavy atom. The summed E-state index contributed by atoms with van der Waals surface area (Å²) < 4.78 is 39.9. The Morgan fingerprint density at radius 1 is 0.836 bits per heavy atom. The van der Waals surface area contributed by atoms with Gasteiger partial charge in [0.15, 0.2) is 37.1 Å². The van der Waals surface area contributed by atoms with E-state index >= 15 is 0 Å². The predicted octanol–water partition coefficient (Wildman–Crippen LogP) is 6.80. The van der Waals surface area contributed by atoms with E-state index in [1.807, 2.05) is 54.6 Å². The first-order valence-electron chi connectivity index (χ1n) is 19.4. The molecule has 0 bridgehead atoms. The van der Waals surface area contributed by atoms with Gasteiger partial charge in [-0.15, -0.1) is 0 Å². The minimum atomic E-state index is -2.30. The summed E-state index contributed by atoms with van der Waals surface area (Å²) in [5.74, 6) is -3.14. The van der Waals surface area contributed by atoms with Crippen molar-refractivity contribution < 1.29 is 52.3 Å². The number of ketones is 1. The molecule has 0 spiro atoms. The SMILES string of the molecule is CC(=O)N[C@H]1[C@@H](O[C@H](C)[C@H](NC(=O)OCC2c3ccccc3-c3ccccc32)C(=O)OCC(=O)c2ccccc2)O[C@@H]2CO[C@H](c3ccccc3)O[C@@H]2[C@@H]1OC(=N)C(Cl)(Cl)Cl. The van der Waals surface area contributed by atoms with Gasteiger partial charge in [-0.25, -0.2) is 9.59 Å². The van der Waals surface area contributed by atoms with Gasteiger partial charge < -0.3 is 43.8 Å². The number of rotatable bonds is 13. The summed E-state index contributed by atoms with van der Waals surface area (Å²) in [7, 11) is 0. The molecule has 8 atom stereocenters. The van der Waals surface area contributed by atoms with Crippen LogP contribution in [0.2, 0.25) is 0 Å². The number of benzene rings is 4. The number of halogens is 3. The van der Waals surface area contributed by atoms with Crippen LogP contribution in [0.15, 0.2) is 109 Å². The molecule has 17 heteroatoms. The summed E-state index contributed by atoms with van der Waals surface area (Å²) in [6.07, 6.45) is -7.89. The molecule has 0 radical (unpaired) electrons. The lowest BCUT2D eigenvalue weighted by molar-refractivity contribution is -0.347. The lowest BCUT2D eigenvalue weighted by Gasteiger charge is -2.49. The molecule has 7 rings (SSSR count). The van der Waals surface area contributed by atoms with Crippen LogP contribution < -0.4 is 10.6 Å². The van der Waals surface area contributed by atoms with Gasteiger partial charge in [-0.3, -0.25) is 15.0 Å². The molecule has 0 aromatic heterocycles. The summed E-state index contributed by atoms with van der Waals surface area (Å²) in [5.41, 5.74) is 4.99. The molecule has 0 saturated carbocycles. The highest BCUT2D eigenvalue weighted by molar-refractivity contribution is 6.76. The number of hydrogen-bond donors (Lipinski definition) is 3. The zero-order valence-corrected chi connectivity index (χ0v) is 35.1. The molecule has 4 aromatic rings. The van der Waals surface area contributed by atoms with Crippen LogP contribution in [0.25, 0.3) is 11.1 Å². The fourth-order valence-corrected chi connectivity index (χ4v) is 7.69. The highest BCUT2D eigenvalue weighted by Crippen LogP contribution is 2.44. The maximum atomic E-state index is 13.9. The fraction of sp³-hybridized carbons (Fsp3) is 0.341. The van der Waals surface area contributed by atoms with E-state index in [0.29, 0.717) is 11.1 Å². The van der Waals surface area contributed by atoms with Crippen LogP contribution in [-0.4, -0.2) is 96.1 Å². The Morgan fingerprint density at radius 2 is 1.44 bits per heavy atom. The zero-order chi connectivity index (χ0) is 43.3. The van der Waals surface area contributed by atoms with E-state index in [1.165, 1.54) is 13.8 Å². The second-order valence-corrected chi connectivity index (χ2v) is 16.8. The minimum Gasteiger partial charge on any atom is -0.469 e. The normalized spacial score (nSPS) is 22.9. The second-order valence-electron chi connectivity index (χ2n) is 14.5. The van der Waals surface area contributed by atoms with Crippen molar-refractivity contribution in [3.63, 3.8) is 0 Å². The molecule has 61 heavy (non-hydrogen) atoms. The summed E-state index contributed by atoms with van der Waals surface area (Å²) >= 11 is 18.1. The average molecular weight is 895 g/mol. The molecule has 0 unspecified atom stereocenters. The van der Waals surface area contributed by atoms with Crippen LogP contribution in [0.5, 0.6) is 0 Å². The first-order valence-corrected chi connectivity index (χ1v) is 20.5. The third-order valence-corrected chi connectivity index (χ3v) is 10.9. The highest BCUT2D eigenvalue weighted by Gasteiger charge is 2.54. The van der Waals surface area contributed by atoms with Crippen molar-refractivity contribution in [1.82, 2.24) is 10.6 Å². The van der Waals surface area contributed by atoms with Crippen molar-refractivity contribution in [2.45, 2.75) is 72.6 Å². The van der Waals surface area contributed by atoms with Crippen LogP contribution in [0.4, 0.5) is 4.79 Å². The topological polar surface area (TPSA) is 181 Å². The highest BCUT2D eigenvalue weighted by atomic mass is 35.6. The summed E-state index contributed by atoms with van der Waals surface area (Å²) in [6.45, 7) is 1.90. The second kappa shape index (κ2) is 19.3. The van der Waals surface area contributed by atoms with Gasteiger partial charge in [0.25, 0.3) is 3.79 Å². The number of alkyl carbamates (subject to hydrolysis) is 1. The Hall–Kier alpha value is -5.06. The monoisotopic (exact) mass is 893 g/mol.